The van der Waals surface area contributed by atoms with Gasteiger partial charge in [-0.05, 0) is 25.0 Å². The molecule has 180 valence electrons. The first kappa shape index (κ1) is 24.0. The number of nitrogens with two attached hydrogens (primary N) is 1. The Hall–Kier alpha value is -4.17. The zero-order valence-corrected chi connectivity index (χ0v) is 18.8. The molecule has 4 rings (SSSR count). The Labute approximate surface area is 202 Å². The van der Waals surface area contributed by atoms with Crippen LogP contribution < -0.4 is 25.8 Å². The monoisotopic (exact) mass is 501 g/mol. The predicted octanol–water partition coefficient (Wildman–Crippen LogP) is 4.63. The number of carbonyl (C=O) groups is 2. The highest BCUT2D eigenvalue weighted by molar-refractivity contribution is 6.34. The number of ether oxygens (including phenoxy) is 2. The molecule has 1 saturated carbocycles. The maximum atomic E-state index is 15.0. The topological polar surface area (TPSA) is 139 Å². The van der Waals surface area contributed by atoms with E-state index < -0.39 is 34.3 Å². The smallest absolute Gasteiger partial charge is 0.319 e. The van der Waals surface area contributed by atoms with Crippen LogP contribution in [0.5, 0.6) is 17.2 Å². The molecule has 1 aromatic heterocycles. The Bertz CT molecular complexity index is 1370. The first-order valence-corrected chi connectivity index (χ1v) is 10.8. The second-order valence-corrected chi connectivity index (χ2v) is 8.01. The summed E-state index contributed by atoms with van der Waals surface area (Å²) in [5, 5.41) is 13.3. The molecule has 0 atom stereocenters. The van der Waals surface area contributed by atoms with Crippen molar-refractivity contribution in [3.05, 3.63) is 52.7 Å². The fraction of sp³-hybridized carbons (Fsp3) is 0.217. The van der Waals surface area contributed by atoms with Crippen LogP contribution in [0.15, 0.2) is 30.5 Å². The molecule has 0 unspecified atom stereocenters. The Balaban J connectivity index is 1.67. The third kappa shape index (κ3) is 5.33. The zero-order chi connectivity index (χ0) is 25.1. The summed E-state index contributed by atoms with van der Waals surface area (Å²) in [5.41, 5.74) is 5.43. The number of nitrogens with one attached hydrogen (secondary N) is 2. The minimum atomic E-state index is -1.23. The van der Waals surface area contributed by atoms with E-state index in [2.05, 4.69) is 15.6 Å². The number of primary amides is 1. The van der Waals surface area contributed by atoms with Crippen LogP contribution in [0.2, 0.25) is 5.02 Å². The third-order valence-corrected chi connectivity index (χ3v) is 5.40. The lowest BCUT2D eigenvalue weighted by molar-refractivity contribution is 0.0996. The average Bonchev–Trinajstić information content (AvgIpc) is 3.63. The van der Waals surface area contributed by atoms with Crippen molar-refractivity contribution in [1.29, 1.82) is 5.26 Å². The predicted molar refractivity (Wildman–Crippen MR) is 123 cm³/mol. The van der Waals surface area contributed by atoms with Gasteiger partial charge in [0.05, 0.1) is 29.3 Å². The average molecular weight is 502 g/mol. The molecule has 2 aromatic carbocycles. The van der Waals surface area contributed by atoms with E-state index in [9.17, 15) is 18.4 Å². The molecule has 1 fully saturated rings. The van der Waals surface area contributed by atoms with Crippen LogP contribution >= 0.6 is 11.6 Å². The van der Waals surface area contributed by atoms with Gasteiger partial charge in [0, 0.05) is 29.8 Å². The molecule has 4 N–H and O–H groups in total. The van der Waals surface area contributed by atoms with E-state index in [1.54, 1.807) is 0 Å². The first-order valence-electron chi connectivity index (χ1n) is 10.4. The van der Waals surface area contributed by atoms with Gasteiger partial charge in [0.2, 0.25) is 0 Å². The summed E-state index contributed by atoms with van der Waals surface area (Å²) in [6.07, 6.45) is 3.08. The van der Waals surface area contributed by atoms with Gasteiger partial charge in [-0.3, -0.25) is 9.78 Å². The molecule has 0 radical (unpaired) electrons. The molecule has 3 aromatic rings. The third-order valence-electron chi connectivity index (χ3n) is 5.03. The van der Waals surface area contributed by atoms with Gasteiger partial charge < -0.3 is 25.8 Å². The molecule has 35 heavy (non-hydrogen) atoms. The second-order valence-electron chi connectivity index (χ2n) is 7.63. The molecule has 0 bridgehead atoms. The molecule has 9 nitrogen and oxygen atoms in total. The van der Waals surface area contributed by atoms with Crippen LogP contribution in [0.1, 0.15) is 29.6 Å². The fourth-order valence-corrected chi connectivity index (χ4v) is 3.39. The molecule has 1 aliphatic carbocycles. The normalized spacial score (nSPS) is 12.6. The number of urea groups is 1. The number of halogens is 3. The van der Waals surface area contributed by atoms with Crippen molar-refractivity contribution in [2.75, 3.05) is 11.9 Å². The quantitative estimate of drug-likeness (QED) is 0.303. The SMILES string of the molecule is N#CCCOc1cc2nccc(Oc3c(F)cc(NC(=O)NC4CC4)c(Cl)c3F)c2cc1C(N)=O. The van der Waals surface area contributed by atoms with Crippen molar-refractivity contribution in [3.8, 4) is 23.3 Å². The molecule has 1 aliphatic rings. The second kappa shape index (κ2) is 9.99. The Morgan fingerprint density at radius 2 is 2.03 bits per heavy atom. The Kier molecular flexibility index (Phi) is 6.84. The number of amides is 3. The van der Waals surface area contributed by atoms with Crippen LogP contribution in [-0.2, 0) is 0 Å². The Morgan fingerprint density at radius 1 is 1.26 bits per heavy atom. The standard InChI is InChI=1S/C23H18ClF2N5O4/c24-19-16(31-23(33)30-11-2-3-11)9-14(25)21(20(19)26)35-17-4-6-29-15-10-18(34-7-1-5-27)13(22(28)32)8-12(15)17/h4,6,8-11H,1-3,7H2,(H2,28,32)(H2,30,31,33). The summed E-state index contributed by atoms with van der Waals surface area (Å²) in [6.45, 7) is 0.0203. The molecular weight excluding hydrogens is 484 g/mol. The Morgan fingerprint density at radius 3 is 2.71 bits per heavy atom. The summed E-state index contributed by atoms with van der Waals surface area (Å²) in [6, 6.07) is 6.22. The van der Waals surface area contributed by atoms with E-state index in [1.807, 2.05) is 6.07 Å². The van der Waals surface area contributed by atoms with E-state index in [0.29, 0.717) is 0 Å². The first-order chi connectivity index (χ1) is 16.8. The summed E-state index contributed by atoms with van der Waals surface area (Å²) in [5.74, 6) is -3.93. The van der Waals surface area contributed by atoms with E-state index in [1.165, 1.54) is 24.4 Å². The summed E-state index contributed by atoms with van der Waals surface area (Å²) in [7, 11) is 0. The number of anilines is 1. The van der Waals surface area contributed by atoms with Crippen LogP contribution in [0, 0.1) is 23.0 Å². The maximum absolute atomic E-state index is 15.0. The molecule has 1 heterocycles. The lowest BCUT2D eigenvalue weighted by Gasteiger charge is -2.15. The van der Waals surface area contributed by atoms with Gasteiger partial charge in [0.15, 0.2) is 17.4 Å². The minimum Gasteiger partial charge on any atom is -0.492 e. The zero-order valence-electron chi connectivity index (χ0n) is 18.0. The highest BCUT2D eigenvalue weighted by Crippen LogP contribution is 2.39. The largest absolute Gasteiger partial charge is 0.492 e. The summed E-state index contributed by atoms with van der Waals surface area (Å²) < 4.78 is 40.7. The van der Waals surface area contributed by atoms with Crippen molar-refractivity contribution in [3.63, 3.8) is 0 Å². The molecule has 0 spiro atoms. The lowest BCUT2D eigenvalue weighted by atomic mass is 10.1. The van der Waals surface area contributed by atoms with Gasteiger partial charge in [-0.1, -0.05) is 11.6 Å². The number of benzene rings is 2. The van der Waals surface area contributed by atoms with E-state index in [-0.39, 0.29) is 52.7 Å². The molecule has 12 heteroatoms. The van der Waals surface area contributed by atoms with Gasteiger partial charge in [-0.2, -0.15) is 5.26 Å². The van der Waals surface area contributed by atoms with Crippen LogP contribution in [0.25, 0.3) is 10.9 Å². The van der Waals surface area contributed by atoms with Gasteiger partial charge in [-0.25, -0.2) is 13.6 Å². The number of hydrogen-bond acceptors (Lipinski definition) is 6. The number of fused-ring (bicyclic) bond motifs is 1. The number of nitrogens with zero attached hydrogens (tertiary/aromatic N) is 2. The van der Waals surface area contributed by atoms with E-state index in [4.69, 9.17) is 32.1 Å². The van der Waals surface area contributed by atoms with Gasteiger partial charge in [0.25, 0.3) is 5.91 Å². The lowest BCUT2D eigenvalue weighted by Crippen LogP contribution is -2.30. The number of pyridine rings is 1. The number of hydrogen-bond donors (Lipinski definition) is 3. The van der Waals surface area contributed by atoms with E-state index >= 15 is 0 Å². The van der Waals surface area contributed by atoms with Crippen molar-refractivity contribution >= 4 is 40.1 Å². The van der Waals surface area contributed by atoms with Gasteiger partial charge in [0.1, 0.15) is 23.1 Å². The summed E-state index contributed by atoms with van der Waals surface area (Å²) >= 11 is 6.02. The van der Waals surface area contributed by atoms with Crippen molar-refractivity contribution < 1.29 is 27.8 Å². The fourth-order valence-electron chi connectivity index (χ4n) is 3.20. The van der Waals surface area contributed by atoms with Crippen LogP contribution in [0.3, 0.4) is 0 Å². The maximum Gasteiger partial charge on any atom is 0.319 e. The van der Waals surface area contributed by atoms with Crippen LogP contribution in [0.4, 0.5) is 19.3 Å². The van der Waals surface area contributed by atoms with Crippen molar-refractivity contribution in [2.45, 2.75) is 25.3 Å². The van der Waals surface area contributed by atoms with Crippen molar-refractivity contribution in [2.24, 2.45) is 5.73 Å². The highest BCUT2D eigenvalue weighted by atomic mass is 35.5. The molecule has 3 amide bonds. The number of nitriles is 1. The number of carbonyl (C=O) groups excluding carboxylic acids is 2. The summed E-state index contributed by atoms with van der Waals surface area (Å²) in [4.78, 5) is 28.1. The van der Waals surface area contributed by atoms with Crippen molar-refractivity contribution in [1.82, 2.24) is 10.3 Å². The highest BCUT2D eigenvalue weighted by Gasteiger charge is 2.25. The van der Waals surface area contributed by atoms with Gasteiger partial charge >= 0.3 is 6.03 Å². The molecular formula is C23H18ClF2N5O4. The number of aromatic nitrogens is 1. The van der Waals surface area contributed by atoms with E-state index in [0.717, 1.165) is 18.9 Å². The number of rotatable bonds is 8. The molecule has 0 saturated heterocycles. The van der Waals surface area contributed by atoms with Gasteiger partial charge in [-0.15, -0.1) is 0 Å². The minimum absolute atomic E-state index is 0.0203. The molecule has 0 aliphatic heterocycles. The van der Waals surface area contributed by atoms with Crippen LogP contribution in [-0.4, -0.2) is 29.6 Å².